The Morgan fingerprint density at radius 3 is 2.55 bits per heavy atom. The number of H-pyrrole nitrogens is 1. The third-order valence-corrected chi connectivity index (χ3v) is 9.39. The Morgan fingerprint density at radius 1 is 1.19 bits per heavy atom. The lowest BCUT2D eigenvalue weighted by Gasteiger charge is -2.44. The predicted molar refractivity (Wildman–Crippen MR) is 167 cm³/mol. The number of nitrogens with zero attached hydrogens (tertiary/aromatic N) is 3. The second-order valence-corrected chi connectivity index (χ2v) is 13.8. The summed E-state index contributed by atoms with van der Waals surface area (Å²) in [6.45, 7) is 11.5. The number of amides is 1. The van der Waals surface area contributed by atoms with Gasteiger partial charge in [0.25, 0.3) is 6.01 Å². The predicted octanol–water partition coefficient (Wildman–Crippen LogP) is 8.57. The number of rotatable bonds is 5. The molecule has 9 heteroatoms. The van der Waals surface area contributed by atoms with Crippen molar-refractivity contribution in [1.29, 1.82) is 5.26 Å². The van der Waals surface area contributed by atoms with Crippen molar-refractivity contribution in [3.8, 4) is 12.1 Å². The lowest BCUT2D eigenvalue weighted by Crippen LogP contribution is -2.48. The Labute approximate surface area is 257 Å². The quantitative estimate of drug-likeness (QED) is 0.367. The number of hydrogen-bond acceptors (Lipinski definition) is 5. The maximum Gasteiger partial charge on any atom is 0.410 e. The maximum absolute atomic E-state index is 12.8. The molecule has 0 radical (unpaired) electrons. The second kappa shape index (κ2) is 11.5. The highest BCUT2D eigenvalue weighted by molar-refractivity contribution is 6.42. The van der Waals surface area contributed by atoms with Gasteiger partial charge in [0, 0.05) is 29.5 Å². The lowest BCUT2D eigenvalue weighted by molar-refractivity contribution is 0.00847. The van der Waals surface area contributed by atoms with Crippen LogP contribution in [-0.4, -0.2) is 46.3 Å². The molecule has 0 bridgehead atoms. The first kappa shape index (κ1) is 30.3. The summed E-state index contributed by atoms with van der Waals surface area (Å²) in [5.74, 6) is 0.252. The summed E-state index contributed by atoms with van der Waals surface area (Å²) in [4.78, 5) is 22.4. The normalized spacial score (nSPS) is 24.0. The molecule has 1 aromatic carbocycles. The standard InChI is InChI=1S/C33H38Cl2N4O3/c1-21-6-7-24(16-22(21)19-36)32(5)10-8-23(9-11-32)33(12-14-39(15-13-33)30(40)42-31(2,3)4)20-41-29-37-27-17-25(34)26(35)18-28(27)38-29/h7-10,16-18,21H,6,11-15,20H2,1-5H3,(H,37,38). The van der Waals surface area contributed by atoms with Crippen molar-refractivity contribution < 1.29 is 14.3 Å². The number of aromatic nitrogens is 2. The fourth-order valence-electron chi connectivity index (χ4n) is 5.90. The summed E-state index contributed by atoms with van der Waals surface area (Å²) >= 11 is 12.4. The largest absolute Gasteiger partial charge is 0.464 e. The molecule has 2 unspecified atom stereocenters. The van der Waals surface area contributed by atoms with Gasteiger partial charge in [-0.2, -0.15) is 10.2 Å². The molecule has 1 amide bonds. The summed E-state index contributed by atoms with van der Waals surface area (Å²) in [5.41, 5.74) is 3.59. The molecule has 5 rings (SSSR count). The van der Waals surface area contributed by atoms with Crippen LogP contribution in [0.25, 0.3) is 11.0 Å². The van der Waals surface area contributed by atoms with E-state index in [2.05, 4.69) is 60.3 Å². The first-order valence-electron chi connectivity index (χ1n) is 14.5. The molecule has 2 aliphatic carbocycles. The highest BCUT2D eigenvalue weighted by atomic mass is 35.5. The third-order valence-electron chi connectivity index (χ3n) is 8.67. The first-order valence-corrected chi connectivity index (χ1v) is 15.2. The van der Waals surface area contributed by atoms with Crippen molar-refractivity contribution in [3.05, 3.63) is 69.3 Å². The van der Waals surface area contributed by atoms with Gasteiger partial charge in [-0.15, -0.1) is 0 Å². The van der Waals surface area contributed by atoms with Gasteiger partial charge in [0.05, 0.1) is 27.1 Å². The Kier molecular flexibility index (Phi) is 8.26. The van der Waals surface area contributed by atoms with E-state index in [4.69, 9.17) is 32.7 Å². The lowest BCUT2D eigenvalue weighted by atomic mass is 9.66. The maximum atomic E-state index is 12.8. The number of nitriles is 1. The zero-order valence-corrected chi connectivity index (χ0v) is 26.4. The molecule has 2 heterocycles. The summed E-state index contributed by atoms with van der Waals surface area (Å²) < 4.78 is 12.0. The van der Waals surface area contributed by atoms with Gasteiger partial charge in [0.1, 0.15) is 12.2 Å². The molecular formula is C33H38Cl2N4O3. The molecule has 0 saturated carbocycles. The molecule has 3 aliphatic rings. The number of aromatic amines is 1. The number of benzene rings is 1. The monoisotopic (exact) mass is 608 g/mol. The van der Waals surface area contributed by atoms with Crippen LogP contribution in [0.4, 0.5) is 4.79 Å². The van der Waals surface area contributed by atoms with E-state index < -0.39 is 5.60 Å². The molecule has 222 valence electrons. The summed E-state index contributed by atoms with van der Waals surface area (Å²) in [6.07, 6.45) is 14.0. The van der Waals surface area contributed by atoms with Crippen molar-refractivity contribution in [3.63, 3.8) is 0 Å². The minimum Gasteiger partial charge on any atom is -0.464 e. The number of fused-ring (bicyclic) bond motifs is 1. The number of nitrogens with one attached hydrogen (secondary N) is 1. The number of carbonyl (C=O) groups excluding carboxylic acids is 1. The van der Waals surface area contributed by atoms with Crippen LogP contribution in [0, 0.1) is 28.1 Å². The van der Waals surface area contributed by atoms with E-state index in [1.165, 1.54) is 11.1 Å². The minimum atomic E-state index is -0.549. The van der Waals surface area contributed by atoms with E-state index in [0.29, 0.717) is 41.3 Å². The molecule has 0 spiro atoms. The number of carbonyl (C=O) groups is 1. The van der Waals surface area contributed by atoms with Gasteiger partial charge in [-0.05, 0) is 81.7 Å². The van der Waals surface area contributed by atoms with Crippen molar-refractivity contribution in [2.45, 2.75) is 65.9 Å². The van der Waals surface area contributed by atoms with E-state index in [0.717, 1.165) is 36.8 Å². The number of imidazole rings is 1. The van der Waals surface area contributed by atoms with Gasteiger partial charge in [-0.1, -0.05) is 61.4 Å². The van der Waals surface area contributed by atoms with Crippen LogP contribution < -0.4 is 4.74 Å². The number of likely N-dealkylation sites (tertiary alicyclic amines) is 1. The number of allylic oxidation sites excluding steroid dienone is 7. The van der Waals surface area contributed by atoms with Crippen molar-refractivity contribution in [1.82, 2.24) is 14.9 Å². The average Bonchev–Trinajstić information content (AvgIpc) is 3.33. The highest BCUT2D eigenvalue weighted by Crippen LogP contribution is 2.47. The van der Waals surface area contributed by atoms with Crippen molar-refractivity contribution in [2.24, 2.45) is 16.7 Å². The first-order chi connectivity index (χ1) is 19.8. The summed E-state index contributed by atoms with van der Waals surface area (Å²) in [7, 11) is 0. The van der Waals surface area contributed by atoms with Crippen LogP contribution >= 0.6 is 23.2 Å². The highest BCUT2D eigenvalue weighted by Gasteiger charge is 2.42. The van der Waals surface area contributed by atoms with Crippen molar-refractivity contribution in [2.75, 3.05) is 19.7 Å². The third kappa shape index (κ3) is 6.26. The van der Waals surface area contributed by atoms with Crippen LogP contribution in [0.5, 0.6) is 6.01 Å². The van der Waals surface area contributed by atoms with E-state index in [1.807, 2.05) is 20.8 Å². The van der Waals surface area contributed by atoms with Crippen LogP contribution in [0.15, 0.2) is 59.2 Å². The van der Waals surface area contributed by atoms with Crippen LogP contribution in [-0.2, 0) is 4.74 Å². The second-order valence-electron chi connectivity index (χ2n) is 13.0. The summed E-state index contributed by atoms with van der Waals surface area (Å²) in [6, 6.07) is 6.25. The molecule has 42 heavy (non-hydrogen) atoms. The average molecular weight is 610 g/mol. The molecule has 1 N–H and O–H groups in total. The Bertz CT molecular complexity index is 1510. The topological polar surface area (TPSA) is 91.2 Å². The van der Waals surface area contributed by atoms with E-state index in [-0.39, 0.29) is 22.8 Å². The van der Waals surface area contributed by atoms with Gasteiger partial charge >= 0.3 is 6.09 Å². The molecule has 2 atom stereocenters. The number of hydrogen-bond donors (Lipinski definition) is 1. The van der Waals surface area contributed by atoms with Crippen LogP contribution in [0.3, 0.4) is 0 Å². The zero-order chi connectivity index (χ0) is 30.3. The van der Waals surface area contributed by atoms with Gasteiger partial charge in [0.15, 0.2) is 0 Å². The smallest absolute Gasteiger partial charge is 0.410 e. The Morgan fingerprint density at radius 2 is 1.90 bits per heavy atom. The molecule has 7 nitrogen and oxygen atoms in total. The molecular weight excluding hydrogens is 571 g/mol. The van der Waals surface area contributed by atoms with Gasteiger partial charge in [-0.3, -0.25) is 0 Å². The molecule has 1 aromatic heterocycles. The van der Waals surface area contributed by atoms with E-state index in [1.54, 1.807) is 17.0 Å². The van der Waals surface area contributed by atoms with Crippen LogP contribution in [0.2, 0.25) is 10.0 Å². The SMILES string of the molecule is CC1CC=C(C2(C)C=CC(C3(COc4nc5cc(Cl)c(Cl)cc5[nH]4)CCN(C(=O)OC(C)(C)C)CC3)=CC2)C=C1C#N. The van der Waals surface area contributed by atoms with Crippen molar-refractivity contribution >= 4 is 40.3 Å². The van der Waals surface area contributed by atoms with Crippen LogP contribution in [0.1, 0.15) is 60.3 Å². The molecule has 1 saturated heterocycles. The molecule has 1 fully saturated rings. The fraction of sp³-hybridized carbons (Fsp3) is 0.485. The number of piperidine rings is 1. The Hall–Kier alpha value is -3.21. The van der Waals surface area contributed by atoms with Gasteiger partial charge in [-0.25, -0.2) is 4.79 Å². The zero-order valence-electron chi connectivity index (χ0n) is 24.9. The molecule has 1 aliphatic heterocycles. The number of halogens is 2. The van der Waals surface area contributed by atoms with Gasteiger partial charge < -0.3 is 19.4 Å². The van der Waals surface area contributed by atoms with E-state index in [9.17, 15) is 10.1 Å². The van der Waals surface area contributed by atoms with E-state index >= 15 is 0 Å². The summed E-state index contributed by atoms with van der Waals surface area (Å²) in [5, 5.41) is 10.5. The van der Waals surface area contributed by atoms with Gasteiger partial charge in [0.2, 0.25) is 0 Å². The Balaban J connectivity index is 1.38. The molecule has 2 aromatic rings. The minimum absolute atomic E-state index is 0.192. The fourth-order valence-corrected chi connectivity index (χ4v) is 6.22. The number of ether oxygens (including phenoxy) is 2.